The number of aryl methyl sites for hydroxylation is 3. The zero-order valence-electron chi connectivity index (χ0n) is 21.5. The molecule has 2 saturated heterocycles. The van der Waals surface area contributed by atoms with E-state index in [0.29, 0.717) is 31.3 Å². The van der Waals surface area contributed by atoms with Gasteiger partial charge in [0.15, 0.2) is 0 Å². The van der Waals surface area contributed by atoms with Gasteiger partial charge in [-0.3, -0.25) is 9.78 Å². The molecule has 8 heteroatoms. The van der Waals surface area contributed by atoms with E-state index in [-0.39, 0.29) is 17.9 Å². The summed E-state index contributed by atoms with van der Waals surface area (Å²) in [6.45, 7) is 5.05. The molecule has 5 rings (SSSR count). The van der Waals surface area contributed by atoms with Gasteiger partial charge in [0.25, 0.3) is 0 Å². The van der Waals surface area contributed by atoms with Crippen molar-refractivity contribution in [3.63, 3.8) is 0 Å². The summed E-state index contributed by atoms with van der Waals surface area (Å²) in [5.41, 5.74) is 11.9. The molecule has 1 aromatic carbocycles. The molecule has 198 valence electrons. The maximum absolute atomic E-state index is 13.2. The topological polar surface area (TPSA) is 79.5 Å². The summed E-state index contributed by atoms with van der Waals surface area (Å²) in [5.74, 6) is 1.19. The molecule has 1 unspecified atom stereocenters. The monoisotopic (exact) mass is 586 g/mol. The summed E-state index contributed by atoms with van der Waals surface area (Å²) in [6, 6.07) is 6.13. The third-order valence-corrected chi connectivity index (χ3v) is 9.54. The molecule has 0 radical (unpaired) electrons. The lowest BCUT2D eigenvalue weighted by molar-refractivity contribution is -0.134. The van der Waals surface area contributed by atoms with Gasteiger partial charge in [-0.1, -0.05) is 40.5 Å². The van der Waals surface area contributed by atoms with E-state index in [1.54, 1.807) is 4.90 Å². The van der Waals surface area contributed by atoms with Crippen molar-refractivity contribution in [1.82, 2.24) is 14.8 Å². The highest BCUT2D eigenvalue weighted by Gasteiger charge is 2.36. The van der Waals surface area contributed by atoms with Crippen molar-refractivity contribution in [1.29, 1.82) is 0 Å². The second kappa shape index (κ2) is 11.3. The number of amides is 3. The van der Waals surface area contributed by atoms with Crippen molar-refractivity contribution in [3.05, 3.63) is 61.8 Å². The number of nitrogens with two attached hydrogens (primary N) is 1. The van der Waals surface area contributed by atoms with Crippen LogP contribution in [0, 0.1) is 11.8 Å². The average molecular weight is 588 g/mol. The van der Waals surface area contributed by atoms with Crippen LogP contribution in [-0.4, -0.2) is 52.9 Å². The molecule has 6 nitrogen and oxygen atoms in total. The first-order valence-corrected chi connectivity index (χ1v) is 14.8. The summed E-state index contributed by atoms with van der Waals surface area (Å²) in [4.78, 5) is 33.3. The first kappa shape index (κ1) is 26.5. The Hall–Kier alpha value is -2.12. The number of urea groups is 1. The summed E-state index contributed by atoms with van der Waals surface area (Å²) in [7, 11) is 0. The standard InChI is InChI=1S/C29H36BrClN4O2/c1-2-18-13-22-4-3-21-15-23(31)16-24(30)26(21)27(28(22)33-17-18)20-7-11-34(12-8-20)25(36)14-19-5-9-35(10-6-19)29(32)37/h13,15-17,19-20,27H,2-12,14H2,1H3,(H2,32,37). The molecular weight excluding hydrogens is 552 g/mol. The summed E-state index contributed by atoms with van der Waals surface area (Å²) >= 11 is 10.3. The Morgan fingerprint density at radius 2 is 1.70 bits per heavy atom. The number of halogens is 2. The van der Waals surface area contributed by atoms with Gasteiger partial charge in [-0.15, -0.1) is 0 Å². The average Bonchev–Trinajstić information content (AvgIpc) is 3.05. The van der Waals surface area contributed by atoms with Gasteiger partial charge in [-0.05, 0) is 91.2 Å². The molecule has 0 saturated carbocycles. The molecule has 0 spiro atoms. The van der Waals surface area contributed by atoms with Gasteiger partial charge in [0.05, 0.1) is 5.69 Å². The molecule has 3 aliphatic rings. The molecule has 1 aromatic heterocycles. The van der Waals surface area contributed by atoms with Crippen molar-refractivity contribution < 1.29 is 9.59 Å². The fourth-order valence-electron chi connectivity index (χ4n) is 6.52. The van der Waals surface area contributed by atoms with Crippen molar-refractivity contribution >= 4 is 39.5 Å². The molecule has 2 aromatic rings. The van der Waals surface area contributed by atoms with Gasteiger partial charge < -0.3 is 15.5 Å². The summed E-state index contributed by atoms with van der Waals surface area (Å²) < 4.78 is 1.06. The minimum atomic E-state index is -0.358. The van der Waals surface area contributed by atoms with Gasteiger partial charge in [0, 0.05) is 54.2 Å². The fourth-order valence-corrected chi connectivity index (χ4v) is 7.64. The number of fused-ring (bicyclic) bond motifs is 2. The number of nitrogens with zero attached hydrogens (tertiary/aromatic N) is 3. The molecule has 2 aliphatic heterocycles. The van der Waals surface area contributed by atoms with E-state index in [9.17, 15) is 9.59 Å². The number of rotatable bonds is 4. The summed E-state index contributed by atoms with van der Waals surface area (Å²) in [5, 5.41) is 0.764. The number of hydrogen-bond acceptors (Lipinski definition) is 3. The van der Waals surface area contributed by atoms with Crippen molar-refractivity contribution in [2.24, 2.45) is 17.6 Å². The van der Waals surface area contributed by atoms with E-state index in [0.717, 1.165) is 67.5 Å². The molecule has 3 amide bonds. The van der Waals surface area contributed by atoms with Crippen LogP contribution in [0.4, 0.5) is 4.79 Å². The molecular formula is C29H36BrClN4O2. The quantitative estimate of drug-likeness (QED) is 0.498. The Morgan fingerprint density at radius 1 is 1.03 bits per heavy atom. The highest BCUT2D eigenvalue weighted by molar-refractivity contribution is 9.10. The van der Waals surface area contributed by atoms with Gasteiger partial charge >= 0.3 is 6.03 Å². The van der Waals surface area contributed by atoms with Gasteiger partial charge in [-0.2, -0.15) is 0 Å². The number of hydrogen-bond donors (Lipinski definition) is 1. The Labute approximate surface area is 233 Å². The van der Waals surface area contributed by atoms with Crippen LogP contribution < -0.4 is 5.73 Å². The zero-order chi connectivity index (χ0) is 26.1. The van der Waals surface area contributed by atoms with E-state index < -0.39 is 0 Å². The van der Waals surface area contributed by atoms with Crippen molar-refractivity contribution in [2.45, 2.75) is 64.2 Å². The Bertz CT molecular complexity index is 1170. The van der Waals surface area contributed by atoms with Gasteiger partial charge in [0.2, 0.25) is 5.91 Å². The number of piperidine rings is 2. The highest BCUT2D eigenvalue weighted by Crippen LogP contribution is 2.46. The fraction of sp³-hybridized carbons (Fsp3) is 0.552. The smallest absolute Gasteiger partial charge is 0.314 e. The third kappa shape index (κ3) is 5.68. The van der Waals surface area contributed by atoms with E-state index in [4.69, 9.17) is 22.3 Å². The normalized spacial score (nSPS) is 20.8. The maximum Gasteiger partial charge on any atom is 0.314 e. The zero-order valence-corrected chi connectivity index (χ0v) is 23.9. The largest absolute Gasteiger partial charge is 0.351 e. The Morgan fingerprint density at radius 3 is 2.38 bits per heavy atom. The van der Waals surface area contributed by atoms with Crippen molar-refractivity contribution in [2.75, 3.05) is 26.2 Å². The maximum atomic E-state index is 13.2. The minimum Gasteiger partial charge on any atom is -0.351 e. The third-order valence-electron chi connectivity index (χ3n) is 8.67. The minimum absolute atomic E-state index is 0.195. The lowest BCUT2D eigenvalue weighted by Crippen LogP contribution is -2.44. The van der Waals surface area contributed by atoms with Crippen LogP contribution in [-0.2, 0) is 24.1 Å². The Balaban J connectivity index is 1.32. The second-order valence-corrected chi connectivity index (χ2v) is 12.2. The van der Waals surface area contributed by atoms with Crippen LogP contribution in [0.25, 0.3) is 0 Å². The summed E-state index contributed by atoms with van der Waals surface area (Å²) in [6.07, 6.45) is 9.14. The SMILES string of the molecule is CCc1cnc2c(c1)CCc1cc(Cl)cc(Br)c1C2C1CCN(C(=O)CC2CCN(C(N)=O)CC2)CC1. The molecule has 1 atom stereocenters. The first-order valence-electron chi connectivity index (χ1n) is 13.6. The van der Waals surface area contributed by atoms with Crippen LogP contribution in [0.3, 0.4) is 0 Å². The van der Waals surface area contributed by atoms with Crippen LogP contribution in [0.5, 0.6) is 0 Å². The predicted octanol–water partition coefficient (Wildman–Crippen LogP) is 5.71. The van der Waals surface area contributed by atoms with E-state index >= 15 is 0 Å². The van der Waals surface area contributed by atoms with Crippen molar-refractivity contribution in [3.8, 4) is 0 Å². The van der Waals surface area contributed by atoms with E-state index in [2.05, 4.69) is 39.9 Å². The number of carbonyl (C=O) groups excluding carboxylic acids is 2. The molecule has 3 heterocycles. The lowest BCUT2D eigenvalue weighted by Gasteiger charge is -2.38. The van der Waals surface area contributed by atoms with E-state index in [1.165, 1.54) is 27.9 Å². The van der Waals surface area contributed by atoms with Gasteiger partial charge in [-0.25, -0.2) is 4.79 Å². The molecule has 2 N–H and O–H groups in total. The van der Waals surface area contributed by atoms with Crippen LogP contribution in [0.15, 0.2) is 28.9 Å². The molecule has 1 aliphatic carbocycles. The number of pyridine rings is 1. The van der Waals surface area contributed by atoms with Crippen LogP contribution in [0.2, 0.25) is 5.02 Å². The number of carbonyl (C=O) groups is 2. The number of aromatic nitrogens is 1. The van der Waals surface area contributed by atoms with E-state index in [1.807, 2.05) is 12.3 Å². The first-order chi connectivity index (χ1) is 17.8. The second-order valence-electron chi connectivity index (χ2n) is 10.9. The number of primary amides is 1. The van der Waals surface area contributed by atoms with Crippen LogP contribution in [0.1, 0.15) is 72.9 Å². The number of likely N-dealkylation sites (tertiary alicyclic amines) is 2. The Kier molecular flexibility index (Phi) is 8.10. The molecule has 0 bridgehead atoms. The predicted molar refractivity (Wildman–Crippen MR) is 150 cm³/mol. The molecule has 37 heavy (non-hydrogen) atoms. The highest BCUT2D eigenvalue weighted by atomic mass is 79.9. The molecule has 2 fully saturated rings. The van der Waals surface area contributed by atoms with Crippen LogP contribution >= 0.6 is 27.5 Å². The number of benzene rings is 1. The lowest BCUT2D eigenvalue weighted by atomic mass is 9.76. The van der Waals surface area contributed by atoms with Gasteiger partial charge in [0.1, 0.15) is 0 Å².